The Balaban J connectivity index is 2.41. The maximum absolute atomic E-state index is 11.5. The topological polar surface area (TPSA) is 46.9 Å². The summed E-state index contributed by atoms with van der Waals surface area (Å²) in [5.41, 5.74) is 2.15. The molecule has 1 N–H and O–H groups in total. The maximum Gasteiger partial charge on any atom is 0.221 e. The van der Waals surface area contributed by atoms with Crippen molar-refractivity contribution in [1.29, 1.82) is 0 Å². The summed E-state index contributed by atoms with van der Waals surface area (Å²) in [6, 6.07) is 2.16. The van der Waals surface area contributed by atoms with Gasteiger partial charge in [-0.15, -0.1) is 0 Å². The molecule has 96 valence electrons. The van der Waals surface area contributed by atoms with Gasteiger partial charge in [-0.3, -0.25) is 9.48 Å². The third-order valence-corrected chi connectivity index (χ3v) is 3.10. The zero-order valence-corrected chi connectivity index (χ0v) is 11.8. The van der Waals surface area contributed by atoms with Crippen LogP contribution >= 0.6 is 11.8 Å². The molecule has 1 atom stereocenters. The van der Waals surface area contributed by atoms with Gasteiger partial charge < -0.3 is 5.32 Å². The summed E-state index contributed by atoms with van der Waals surface area (Å²) in [6.07, 6.45) is 2.59. The summed E-state index contributed by atoms with van der Waals surface area (Å²) < 4.78 is 1.94. The molecule has 1 amide bonds. The summed E-state index contributed by atoms with van der Waals surface area (Å²) in [4.78, 5) is 11.5. The molecule has 0 spiro atoms. The van der Waals surface area contributed by atoms with Crippen molar-refractivity contribution < 1.29 is 4.79 Å². The van der Waals surface area contributed by atoms with Crippen molar-refractivity contribution in [3.63, 3.8) is 0 Å². The smallest absolute Gasteiger partial charge is 0.221 e. The number of aromatic nitrogens is 2. The Morgan fingerprint density at radius 2 is 2.29 bits per heavy atom. The third kappa shape index (κ3) is 4.81. The molecule has 0 unspecified atom stereocenters. The first-order valence-electron chi connectivity index (χ1n) is 5.82. The van der Waals surface area contributed by atoms with Gasteiger partial charge in [0.2, 0.25) is 5.91 Å². The van der Waals surface area contributed by atoms with Gasteiger partial charge in [-0.05, 0) is 33.1 Å². The molecule has 17 heavy (non-hydrogen) atoms. The molecule has 0 fully saturated rings. The second kappa shape index (κ2) is 6.69. The van der Waals surface area contributed by atoms with E-state index in [1.54, 1.807) is 11.8 Å². The van der Waals surface area contributed by atoms with Crippen LogP contribution in [0.4, 0.5) is 0 Å². The number of aryl methyl sites for hydroxylation is 2. The summed E-state index contributed by atoms with van der Waals surface area (Å²) in [5, 5.41) is 7.37. The van der Waals surface area contributed by atoms with E-state index in [1.807, 2.05) is 37.8 Å². The Hall–Kier alpha value is -0.970. The molecule has 0 aliphatic carbocycles. The Labute approximate surface area is 107 Å². The first kappa shape index (κ1) is 14.1. The molecule has 0 saturated carbocycles. The van der Waals surface area contributed by atoms with E-state index in [0.29, 0.717) is 6.42 Å². The highest BCUT2D eigenvalue weighted by Crippen LogP contribution is 2.03. The van der Waals surface area contributed by atoms with Crippen LogP contribution in [0.5, 0.6) is 0 Å². The average molecular weight is 255 g/mol. The molecule has 1 heterocycles. The lowest BCUT2D eigenvalue weighted by molar-refractivity contribution is -0.121. The molecule has 0 aliphatic rings. The zero-order valence-electron chi connectivity index (χ0n) is 11.0. The predicted octanol–water partition coefficient (Wildman–Crippen LogP) is 1.76. The van der Waals surface area contributed by atoms with Crippen LogP contribution in [0.2, 0.25) is 0 Å². The first-order valence-corrected chi connectivity index (χ1v) is 7.21. The van der Waals surface area contributed by atoms with Crippen LogP contribution < -0.4 is 5.32 Å². The highest BCUT2D eigenvalue weighted by atomic mass is 32.2. The normalized spacial score (nSPS) is 12.5. The molecule has 0 bridgehead atoms. The van der Waals surface area contributed by atoms with Crippen LogP contribution in [0, 0.1) is 13.8 Å². The maximum atomic E-state index is 11.5. The van der Waals surface area contributed by atoms with Gasteiger partial charge in [-0.2, -0.15) is 16.9 Å². The fraction of sp³-hybridized carbons (Fsp3) is 0.667. The number of carbonyl (C=O) groups is 1. The molecular formula is C12H21N3OS. The molecule has 5 heteroatoms. The fourth-order valence-corrected chi connectivity index (χ4v) is 2.10. The quantitative estimate of drug-likeness (QED) is 0.842. The molecule has 1 aromatic rings. The second-order valence-electron chi connectivity index (χ2n) is 4.32. The Bertz CT molecular complexity index is 376. The number of nitrogens with zero attached hydrogens (tertiary/aromatic N) is 2. The molecular weight excluding hydrogens is 234 g/mol. The fourth-order valence-electron chi connectivity index (χ4n) is 1.71. The summed E-state index contributed by atoms with van der Waals surface area (Å²) >= 11 is 1.69. The van der Waals surface area contributed by atoms with Gasteiger partial charge in [-0.1, -0.05) is 0 Å². The van der Waals surface area contributed by atoms with E-state index in [4.69, 9.17) is 0 Å². The zero-order chi connectivity index (χ0) is 12.8. The number of carbonyl (C=O) groups excluding carboxylic acids is 1. The Kier molecular flexibility index (Phi) is 5.55. The van der Waals surface area contributed by atoms with Gasteiger partial charge in [0.15, 0.2) is 0 Å². The molecule has 0 aliphatic heterocycles. The summed E-state index contributed by atoms with van der Waals surface area (Å²) in [7, 11) is 0. The second-order valence-corrected chi connectivity index (χ2v) is 5.31. The van der Waals surface area contributed by atoms with Crippen molar-refractivity contribution in [2.75, 3.05) is 12.0 Å². The van der Waals surface area contributed by atoms with Crippen molar-refractivity contribution in [3.8, 4) is 0 Å². The largest absolute Gasteiger partial charge is 0.352 e. The van der Waals surface area contributed by atoms with E-state index in [1.165, 1.54) is 0 Å². The van der Waals surface area contributed by atoms with E-state index in [0.717, 1.165) is 23.7 Å². The number of nitrogens with one attached hydrogen (secondary N) is 1. The minimum atomic E-state index is 0.113. The van der Waals surface area contributed by atoms with E-state index in [9.17, 15) is 4.79 Å². The van der Waals surface area contributed by atoms with Gasteiger partial charge in [0.1, 0.15) is 0 Å². The minimum absolute atomic E-state index is 0.113. The molecule has 1 rings (SSSR count). The van der Waals surface area contributed by atoms with Gasteiger partial charge in [0.25, 0.3) is 0 Å². The first-order chi connectivity index (χ1) is 8.02. The van der Waals surface area contributed by atoms with Gasteiger partial charge in [-0.25, -0.2) is 0 Å². The lowest BCUT2D eigenvalue weighted by Gasteiger charge is -2.14. The van der Waals surface area contributed by atoms with Crippen LogP contribution in [-0.2, 0) is 11.3 Å². The minimum Gasteiger partial charge on any atom is -0.352 e. The Morgan fingerprint density at radius 1 is 1.59 bits per heavy atom. The number of amides is 1. The van der Waals surface area contributed by atoms with Crippen LogP contribution in [0.15, 0.2) is 6.07 Å². The lowest BCUT2D eigenvalue weighted by Crippen LogP contribution is -2.36. The summed E-state index contributed by atoms with van der Waals surface area (Å²) in [5.74, 6) is 0.992. The standard InChI is InChI=1S/C12H21N3OS/c1-9-7-11(3)15(14-9)8-10(2)13-12(16)5-6-17-4/h7,10H,5-6,8H2,1-4H3,(H,13,16)/t10-/m1/s1. The van der Waals surface area contributed by atoms with Crippen molar-refractivity contribution >= 4 is 17.7 Å². The number of hydrogen-bond donors (Lipinski definition) is 1. The van der Waals surface area contributed by atoms with E-state index in [2.05, 4.69) is 10.4 Å². The van der Waals surface area contributed by atoms with Crippen LogP contribution in [0.3, 0.4) is 0 Å². The van der Waals surface area contributed by atoms with Crippen molar-refractivity contribution in [2.24, 2.45) is 0 Å². The highest BCUT2D eigenvalue weighted by Gasteiger charge is 2.09. The predicted molar refractivity (Wildman–Crippen MR) is 72.3 cm³/mol. The number of rotatable bonds is 6. The van der Waals surface area contributed by atoms with Gasteiger partial charge in [0.05, 0.1) is 12.2 Å². The van der Waals surface area contributed by atoms with E-state index < -0.39 is 0 Å². The monoisotopic (exact) mass is 255 g/mol. The van der Waals surface area contributed by atoms with Crippen molar-refractivity contribution in [2.45, 2.75) is 39.8 Å². The van der Waals surface area contributed by atoms with Crippen LogP contribution in [-0.4, -0.2) is 33.7 Å². The van der Waals surface area contributed by atoms with Crippen LogP contribution in [0.1, 0.15) is 24.7 Å². The van der Waals surface area contributed by atoms with Gasteiger partial charge >= 0.3 is 0 Å². The Morgan fingerprint density at radius 3 is 2.82 bits per heavy atom. The molecule has 1 aromatic heterocycles. The number of hydrogen-bond acceptors (Lipinski definition) is 3. The van der Waals surface area contributed by atoms with Gasteiger partial charge in [0, 0.05) is 23.9 Å². The van der Waals surface area contributed by atoms with Crippen LogP contribution in [0.25, 0.3) is 0 Å². The van der Waals surface area contributed by atoms with Crippen molar-refractivity contribution in [3.05, 3.63) is 17.5 Å². The SMILES string of the molecule is CSCCC(=O)N[C@H](C)Cn1nc(C)cc1C. The molecule has 0 aromatic carbocycles. The van der Waals surface area contributed by atoms with E-state index in [-0.39, 0.29) is 11.9 Å². The van der Waals surface area contributed by atoms with E-state index >= 15 is 0 Å². The lowest BCUT2D eigenvalue weighted by atomic mass is 10.3. The highest BCUT2D eigenvalue weighted by molar-refractivity contribution is 7.98. The number of thioether (sulfide) groups is 1. The third-order valence-electron chi connectivity index (χ3n) is 2.49. The van der Waals surface area contributed by atoms with Crippen molar-refractivity contribution in [1.82, 2.24) is 15.1 Å². The molecule has 0 saturated heterocycles. The summed E-state index contributed by atoms with van der Waals surface area (Å²) in [6.45, 7) is 6.74. The molecule has 0 radical (unpaired) electrons. The molecule has 4 nitrogen and oxygen atoms in total. The average Bonchev–Trinajstić information content (AvgIpc) is 2.54.